The van der Waals surface area contributed by atoms with Gasteiger partial charge in [0.25, 0.3) is 11.8 Å². The lowest BCUT2D eigenvalue weighted by molar-refractivity contribution is -0.128. The van der Waals surface area contributed by atoms with Crippen molar-refractivity contribution in [3.05, 3.63) is 72.3 Å². The van der Waals surface area contributed by atoms with E-state index in [1.54, 1.807) is 19.3 Å². The number of para-hydroxylation sites is 1. The van der Waals surface area contributed by atoms with E-state index in [1.165, 1.54) is 4.90 Å². The van der Waals surface area contributed by atoms with Crippen LogP contribution in [0, 0.1) is 0 Å². The quantitative estimate of drug-likeness (QED) is 0.376. The summed E-state index contributed by atoms with van der Waals surface area (Å²) in [5.41, 5.74) is 2.47. The van der Waals surface area contributed by atoms with E-state index in [0.29, 0.717) is 5.75 Å². The van der Waals surface area contributed by atoms with Crippen LogP contribution in [-0.2, 0) is 9.59 Å². The maximum Gasteiger partial charge on any atom is 0.265 e. The van der Waals surface area contributed by atoms with Gasteiger partial charge in [0.2, 0.25) is 0 Å². The van der Waals surface area contributed by atoms with Crippen LogP contribution in [0.5, 0.6) is 5.75 Å². The molecule has 1 N–H and O–H groups in total. The molecule has 1 saturated heterocycles. The lowest BCUT2D eigenvalue weighted by Gasteiger charge is -2.28. The van der Waals surface area contributed by atoms with E-state index >= 15 is 0 Å². The molecule has 2 amide bonds. The molecule has 1 aliphatic heterocycles. The minimum absolute atomic E-state index is 0.0211. The van der Waals surface area contributed by atoms with Gasteiger partial charge in [0.1, 0.15) is 11.3 Å². The molecule has 2 aromatic carbocycles. The van der Waals surface area contributed by atoms with Crippen LogP contribution < -0.4 is 10.1 Å². The highest BCUT2D eigenvalue weighted by Gasteiger charge is 2.32. The van der Waals surface area contributed by atoms with Crippen molar-refractivity contribution in [1.29, 1.82) is 0 Å². The lowest BCUT2D eigenvalue weighted by Crippen LogP contribution is -2.53. The van der Waals surface area contributed by atoms with Crippen LogP contribution in [-0.4, -0.2) is 35.5 Å². The molecule has 0 aromatic heterocycles. The lowest BCUT2D eigenvalue weighted by atomic mass is 9.96. The fraction of sp³-hybridized carbons (Fsp3) is 0.0952. The van der Waals surface area contributed by atoms with Gasteiger partial charge in [-0.3, -0.25) is 19.8 Å². The molecule has 6 heteroatoms. The maximum atomic E-state index is 12.7. The third-order valence-corrected chi connectivity index (χ3v) is 4.48. The minimum atomic E-state index is -0.514. The first-order chi connectivity index (χ1) is 13.1. The van der Waals surface area contributed by atoms with E-state index in [4.69, 9.17) is 17.0 Å². The van der Waals surface area contributed by atoms with E-state index < -0.39 is 11.8 Å². The Bertz CT molecular complexity index is 965. The summed E-state index contributed by atoms with van der Waals surface area (Å²) in [5, 5.41) is 2.64. The minimum Gasteiger partial charge on any atom is -0.496 e. The number of benzene rings is 2. The molecule has 1 heterocycles. The Morgan fingerprint density at radius 1 is 1.11 bits per heavy atom. The van der Waals surface area contributed by atoms with Gasteiger partial charge in [-0.25, -0.2) is 0 Å². The van der Waals surface area contributed by atoms with Gasteiger partial charge in [0, 0.05) is 12.1 Å². The molecule has 0 atom stereocenters. The Morgan fingerprint density at radius 2 is 1.78 bits per heavy atom. The number of hydrogen-bond donors (Lipinski definition) is 1. The Hall–Kier alpha value is -3.25. The third-order valence-electron chi connectivity index (χ3n) is 4.16. The zero-order valence-corrected chi connectivity index (χ0v) is 15.6. The molecule has 0 saturated carbocycles. The van der Waals surface area contributed by atoms with Crippen LogP contribution in [0.15, 0.2) is 66.8 Å². The Kier molecular flexibility index (Phi) is 5.47. The molecule has 1 aliphatic rings. The van der Waals surface area contributed by atoms with Crippen LogP contribution in [0.3, 0.4) is 0 Å². The van der Waals surface area contributed by atoms with Crippen LogP contribution in [0.25, 0.3) is 17.2 Å². The van der Waals surface area contributed by atoms with Crippen LogP contribution >= 0.6 is 12.2 Å². The molecule has 2 aromatic rings. The molecule has 136 valence electrons. The van der Waals surface area contributed by atoms with Crippen molar-refractivity contribution in [1.82, 2.24) is 10.2 Å². The summed E-state index contributed by atoms with van der Waals surface area (Å²) >= 11 is 5.08. The number of thiocarbonyl (C=S) groups is 1. The van der Waals surface area contributed by atoms with Crippen molar-refractivity contribution < 1.29 is 14.3 Å². The molecule has 0 radical (unpaired) electrons. The standard InChI is InChI=1S/C21H18N2O3S/c1-3-12-23-20(25)17(19(24)22-21(23)27)13-14-8-4-5-9-15(14)16-10-6-7-11-18(16)26-2/h3-11,13H,1,12H2,2H3,(H,22,24,27)/b17-13+. The fourth-order valence-electron chi connectivity index (χ4n) is 2.88. The highest BCUT2D eigenvalue weighted by molar-refractivity contribution is 7.80. The summed E-state index contributed by atoms with van der Waals surface area (Å²) in [4.78, 5) is 26.4. The van der Waals surface area contributed by atoms with E-state index in [0.717, 1.165) is 16.7 Å². The Morgan fingerprint density at radius 3 is 2.48 bits per heavy atom. The van der Waals surface area contributed by atoms with Gasteiger partial charge in [0.05, 0.1) is 7.11 Å². The molecule has 27 heavy (non-hydrogen) atoms. The van der Waals surface area contributed by atoms with E-state index in [9.17, 15) is 9.59 Å². The second-order valence-corrected chi connectivity index (χ2v) is 6.20. The number of hydrogen-bond acceptors (Lipinski definition) is 4. The second kappa shape index (κ2) is 7.97. The predicted molar refractivity (Wildman–Crippen MR) is 109 cm³/mol. The number of methoxy groups -OCH3 is 1. The second-order valence-electron chi connectivity index (χ2n) is 5.81. The van der Waals surface area contributed by atoms with Crippen molar-refractivity contribution in [3.8, 4) is 16.9 Å². The summed E-state index contributed by atoms with van der Waals surface area (Å²) in [6.45, 7) is 3.85. The van der Waals surface area contributed by atoms with Gasteiger partial charge >= 0.3 is 0 Å². The van der Waals surface area contributed by atoms with Crippen molar-refractivity contribution in [2.75, 3.05) is 13.7 Å². The van der Waals surface area contributed by atoms with Crippen molar-refractivity contribution >= 4 is 35.2 Å². The van der Waals surface area contributed by atoms with E-state index in [2.05, 4.69) is 11.9 Å². The smallest absolute Gasteiger partial charge is 0.265 e. The largest absolute Gasteiger partial charge is 0.496 e. The normalized spacial score (nSPS) is 15.7. The zero-order chi connectivity index (χ0) is 19.4. The first-order valence-electron chi connectivity index (χ1n) is 8.29. The first-order valence-corrected chi connectivity index (χ1v) is 8.69. The topological polar surface area (TPSA) is 58.6 Å². The summed E-state index contributed by atoms with van der Waals surface area (Å²) in [7, 11) is 1.60. The molecular formula is C21H18N2O3S. The van der Waals surface area contributed by atoms with Gasteiger partial charge in [-0.15, -0.1) is 6.58 Å². The highest BCUT2D eigenvalue weighted by Crippen LogP contribution is 2.33. The summed E-state index contributed by atoms with van der Waals surface area (Å²) in [6, 6.07) is 15.1. The highest BCUT2D eigenvalue weighted by atomic mass is 32.1. The van der Waals surface area contributed by atoms with E-state index in [-0.39, 0.29) is 17.2 Å². The van der Waals surface area contributed by atoms with Gasteiger partial charge in [-0.05, 0) is 35.5 Å². The predicted octanol–water partition coefficient (Wildman–Crippen LogP) is 3.17. The third kappa shape index (κ3) is 3.66. The van der Waals surface area contributed by atoms with Crippen molar-refractivity contribution in [3.63, 3.8) is 0 Å². The Balaban J connectivity index is 2.10. The molecule has 0 unspecified atom stereocenters. The number of carbonyl (C=O) groups excluding carboxylic acids is 2. The molecule has 3 rings (SSSR count). The molecular weight excluding hydrogens is 360 g/mol. The number of nitrogens with one attached hydrogen (secondary N) is 1. The van der Waals surface area contributed by atoms with Gasteiger partial charge in [0.15, 0.2) is 5.11 Å². The van der Waals surface area contributed by atoms with Crippen molar-refractivity contribution in [2.24, 2.45) is 0 Å². The molecule has 0 bridgehead atoms. The average Bonchev–Trinajstić information content (AvgIpc) is 2.68. The van der Waals surface area contributed by atoms with E-state index in [1.807, 2.05) is 48.5 Å². The summed E-state index contributed by atoms with van der Waals surface area (Å²) < 4.78 is 5.45. The number of amides is 2. The SMILES string of the molecule is C=CCN1C(=O)/C(=C/c2ccccc2-c2ccccc2OC)C(=O)NC1=S. The number of ether oxygens (including phenoxy) is 1. The van der Waals surface area contributed by atoms with Gasteiger partial charge in [-0.1, -0.05) is 48.5 Å². The molecule has 0 aliphatic carbocycles. The van der Waals surface area contributed by atoms with Crippen LogP contribution in [0.1, 0.15) is 5.56 Å². The first kappa shape index (κ1) is 18.5. The molecule has 5 nitrogen and oxygen atoms in total. The average molecular weight is 378 g/mol. The monoisotopic (exact) mass is 378 g/mol. The summed E-state index contributed by atoms with van der Waals surface area (Å²) in [5.74, 6) is -0.254. The van der Waals surface area contributed by atoms with Crippen LogP contribution in [0.4, 0.5) is 0 Å². The van der Waals surface area contributed by atoms with Gasteiger partial charge in [-0.2, -0.15) is 0 Å². The summed E-state index contributed by atoms with van der Waals surface area (Å²) in [6.07, 6.45) is 3.14. The number of nitrogens with zero attached hydrogens (tertiary/aromatic N) is 1. The maximum absolute atomic E-state index is 12.7. The number of rotatable bonds is 5. The van der Waals surface area contributed by atoms with Gasteiger partial charge < -0.3 is 4.74 Å². The Labute approximate surface area is 162 Å². The molecule has 0 spiro atoms. The fourth-order valence-corrected chi connectivity index (χ4v) is 3.13. The number of carbonyl (C=O) groups is 2. The molecule has 1 fully saturated rings. The van der Waals surface area contributed by atoms with Crippen molar-refractivity contribution in [2.45, 2.75) is 0 Å². The van der Waals surface area contributed by atoms with Crippen LogP contribution in [0.2, 0.25) is 0 Å². The zero-order valence-electron chi connectivity index (χ0n) is 14.8.